The summed E-state index contributed by atoms with van der Waals surface area (Å²) < 4.78 is 83.9. The van der Waals surface area contributed by atoms with Gasteiger partial charge in [-0.05, 0) is 23.5 Å². The lowest BCUT2D eigenvalue weighted by molar-refractivity contribution is -0.165. The highest BCUT2D eigenvalue weighted by Gasteiger charge is 2.61. The van der Waals surface area contributed by atoms with Gasteiger partial charge in [0.15, 0.2) is 5.54 Å². The molecule has 4 rings (SSSR count). The molecule has 0 radical (unpaired) electrons. The molecule has 21 heteroatoms. The van der Waals surface area contributed by atoms with Crippen LogP contribution in [0.25, 0.3) is 0 Å². The largest absolute Gasteiger partial charge is 0.445 e. The summed E-state index contributed by atoms with van der Waals surface area (Å²) in [4.78, 5) is 39.9. The summed E-state index contributed by atoms with van der Waals surface area (Å²) in [5.74, 6) is -1.54. The molecule has 17 nitrogen and oxygen atoms in total. The Morgan fingerprint density at radius 3 is 1.56 bits per heavy atom. The van der Waals surface area contributed by atoms with Gasteiger partial charge in [0.1, 0.15) is 13.2 Å². The van der Waals surface area contributed by atoms with Crippen molar-refractivity contribution in [2.75, 3.05) is 51.7 Å². The fourth-order valence-corrected chi connectivity index (χ4v) is 6.66. The average Bonchev–Trinajstić information content (AvgIpc) is 3.07. The van der Waals surface area contributed by atoms with E-state index in [0.29, 0.717) is 19.2 Å². The predicted molar refractivity (Wildman–Crippen MR) is 196 cm³/mol. The summed E-state index contributed by atoms with van der Waals surface area (Å²) in [6.45, 7) is 3.73. The van der Waals surface area contributed by atoms with Crippen molar-refractivity contribution in [1.82, 2.24) is 9.80 Å². The molecule has 2 aliphatic rings. The molecule has 0 unspecified atom stereocenters. The average molecular weight is 843 g/mol. The van der Waals surface area contributed by atoms with Crippen LogP contribution in [-0.4, -0.2) is 126 Å². The Labute approximate surface area is 320 Å². The summed E-state index contributed by atoms with van der Waals surface area (Å²) in [7, 11) is -6.64. The number of aliphatic hydroxyl groups excluding tert-OH is 2. The zero-order chi connectivity index (χ0) is 41.0. The van der Waals surface area contributed by atoms with Gasteiger partial charge in [-0.15, -0.1) is 0 Å². The molecule has 2 aliphatic heterocycles. The fourth-order valence-electron chi connectivity index (χ4n) is 5.86. The molecule has 0 aromatic heterocycles. The number of benzene rings is 2. The van der Waals surface area contributed by atoms with E-state index in [0.717, 1.165) is 28.5 Å². The van der Waals surface area contributed by atoms with Gasteiger partial charge < -0.3 is 23.9 Å². The fraction of sp³-hybridized carbons (Fsp3) is 0.545. The van der Waals surface area contributed by atoms with Gasteiger partial charge in [-0.3, -0.25) is 14.0 Å². The Morgan fingerprint density at radius 1 is 0.741 bits per heavy atom. The lowest BCUT2D eigenvalue weighted by atomic mass is 9.73. The zero-order valence-corrected chi connectivity index (χ0v) is 33.7. The van der Waals surface area contributed by atoms with Crippen LogP contribution in [0.1, 0.15) is 37.8 Å². The van der Waals surface area contributed by atoms with E-state index in [4.69, 9.17) is 14.6 Å². The summed E-state index contributed by atoms with van der Waals surface area (Å²) >= 11 is 0. The number of ether oxygens (including phenoxy) is 2. The first-order valence-corrected chi connectivity index (χ1v) is 22.7. The normalized spacial score (nSPS) is 22.1. The number of likely N-dealkylation sites (tertiary alicyclic amines) is 2. The van der Waals surface area contributed by atoms with Crippen molar-refractivity contribution >= 4 is 58.1 Å². The summed E-state index contributed by atoms with van der Waals surface area (Å²) in [5, 5.41) is 18.7. The topological polar surface area (TPSA) is 237 Å². The molecule has 4 atom stereocenters. The maximum atomic E-state index is 12.7. The molecule has 2 aromatic carbocycles. The van der Waals surface area contributed by atoms with Crippen LogP contribution >= 0.6 is 10.7 Å². The first-order valence-electron chi connectivity index (χ1n) is 16.4. The van der Waals surface area contributed by atoms with Gasteiger partial charge in [-0.2, -0.15) is 16.8 Å². The third kappa shape index (κ3) is 14.0. The van der Waals surface area contributed by atoms with Crippen LogP contribution in [0.5, 0.6) is 0 Å². The molecule has 2 heterocycles. The van der Waals surface area contributed by atoms with E-state index < -0.39 is 71.0 Å². The Morgan fingerprint density at radius 2 is 1.19 bits per heavy atom. The number of nitrogens with zero attached hydrogens (tertiary/aromatic N) is 2. The van der Waals surface area contributed by atoms with Crippen LogP contribution in [0.2, 0.25) is 0 Å². The van der Waals surface area contributed by atoms with Crippen LogP contribution < -0.4 is 0 Å². The number of carbonyl (C=O) groups excluding carboxylic acids is 3. The van der Waals surface area contributed by atoms with Crippen molar-refractivity contribution < 1.29 is 67.7 Å². The minimum absolute atomic E-state index is 0.0540. The number of carbonyl (C=O) groups is 3. The molecule has 304 valence electrons. The van der Waals surface area contributed by atoms with E-state index in [2.05, 4.69) is 19.0 Å². The maximum Gasteiger partial charge on any atom is 0.411 e. The van der Waals surface area contributed by atoms with E-state index in [-0.39, 0.29) is 45.3 Å². The third-order valence-electron chi connectivity index (χ3n) is 8.70. The highest BCUT2D eigenvalue weighted by Crippen LogP contribution is 2.42. The molecule has 2 aromatic rings. The van der Waals surface area contributed by atoms with Crippen molar-refractivity contribution in [2.45, 2.75) is 51.0 Å². The number of hydrogen-bond donors (Lipinski definition) is 2. The zero-order valence-electron chi connectivity index (χ0n) is 30.5. The lowest BCUT2D eigenvalue weighted by Gasteiger charge is -2.56. The number of rotatable bonds is 13. The minimum Gasteiger partial charge on any atom is -0.445 e. The van der Waals surface area contributed by atoms with Crippen molar-refractivity contribution in [1.29, 1.82) is 0 Å². The monoisotopic (exact) mass is 842 g/mol. The summed E-state index contributed by atoms with van der Waals surface area (Å²) in [6.07, 6.45) is 1.26. The van der Waals surface area contributed by atoms with Crippen molar-refractivity contribution in [3.63, 3.8) is 0 Å². The van der Waals surface area contributed by atoms with Crippen molar-refractivity contribution in [3.8, 4) is 0 Å². The second-order valence-corrected chi connectivity index (χ2v) is 19.1. The number of halogens is 1. The quantitative estimate of drug-likeness (QED) is 0.218. The van der Waals surface area contributed by atoms with E-state index in [1.807, 2.05) is 37.3 Å². The highest BCUT2D eigenvalue weighted by molar-refractivity contribution is 8.13. The molecular formula is C33H47ClN2O15S3. The van der Waals surface area contributed by atoms with E-state index >= 15 is 0 Å². The Hall–Kier alpha value is -3.53. The van der Waals surface area contributed by atoms with E-state index in [9.17, 15) is 44.7 Å². The van der Waals surface area contributed by atoms with Gasteiger partial charge in [0.05, 0.1) is 37.5 Å². The van der Waals surface area contributed by atoms with E-state index in [1.54, 1.807) is 37.3 Å². The SMILES string of the molecule is CS(=O)(=O)Cl.C[C@H]1CN(C(=O)OCc2ccccc2)[C@@]1(CCOS(C)(=O)=O)C(=O)OS(C)(=O)=O.C[C@H]1CN(C(=O)OCc2ccccc2)[C@]1(CO)CCO. The summed E-state index contributed by atoms with van der Waals surface area (Å²) in [5.41, 5.74) is -0.755. The molecule has 2 saturated heterocycles. The minimum atomic E-state index is -4.15. The lowest BCUT2D eigenvalue weighted by Crippen LogP contribution is -2.72. The molecule has 2 amide bonds. The first kappa shape index (κ1) is 46.6. The number of amides is 2. The molecule has 0 saturated carbocycles. The van der Waals surface area contributed by atoms with Gasteiger partial charge >= 0.3 is 28.3 Å². The molecule has 2 fully saturated rings. The van der Waals surface area contributed by atoms with Crippen LogP contribution in [0.4, 0.5) is 9.59 Å². The second-order valence-electron chi connectivity index (χ2n) is 12.8. The highest BCUT2D eigenvalue weighted by atomic mass is 35.7. The number of hydrogen-bond acceptors (Lipinski definition) is 15. The number of aliphatic hydroxyl groups is 2. The van der Waals surface area contributed by atoms with Crippen LogP contribution in [0.3, 0.4) is 0 Å². The maximum absolute atomic E-state index is 12.7. The standard InChI is InChI=1S/C17H23NO9S2.C15H21NO4.CH3ClO2S/c1-13-11-18(16(20)25-12-14-7-5-4-6-8-14)17(13,9-10-26-28(2,21)22)15(19)27-29(3,23)24;1-12-9-16(15(12,11-18)7-8-17)14(19)20-10-13-5-3-2-4-6-13;1-5(2,3)4/h4-8,13H,9-12H2,1-3H3;2-6,12,17-18H,7-11H2,1H3;1H3/t13-,17+;12-,15-;/m00./s1. The van der Waals surface area contributed by atoms with Crippen LogP contribution in [0.15, 0.2) is 60.7 Å². The Balaban J connectivity index is 0.000000348. The Kier molecular flexibility index (Phi) is 17.2. The van der Waals surface area contributed by atoms with Gasteiger partial charge in [0, 0.05) is 42.7 Å². The smallest absolute Gasteiger partial charge is 0.411 e. The van der Waals surface area contributed by atoms with Crippen LogP contribution in [0, 0.1) is 11.8 Å². The van der Waals surface area contributed by atoms with Gasteiger partial charge in [-0.25, -0.2) is 22.8 Å². The molecule has 54 heavy (non-hydrogen) atoms. The Bertz CT molecular complexity index is 1880. The predicted octanol–water partition coefficient (Wildman–Crippen LogP) is 2.46. The molecule has 0 aliphatic carbocycles. The molecule has 0 spiro atoms. The molecule has 2 N–H and O–H groups in total. The molecular weight excluding hydrogens is 796 g/mol. The van der Waals surface area contributed by atoms with Crippen molar-refractivity contribution in [2.24, 2.45) is 11.8 Å². The summed E-state index contributed by atoms with van der Waals surface area (Å²) in [6, 6.07) is 18.3. The first-order chi connectivity index (χ1) is 25.0. The van der Waals surface area contributed by atoms with Crippen LogP contribution in [-0.2, 0) is 65.1 Å². The van der Waals surface area contributed by atoms with Crippen molar-refractivity contribution in [3.05, 3.63) is 71.8 Å². The third-order valence-corrected chi connectivity index (χ3v) is 9.74. The van der Waals surface area contributed by atoms with Gasteiger partial charge in [0.2, 0.25) is 9.05 Å². The van der Waals surface area contributed by atoms with E-state index in [1.165, 1.54) is 4.90 Å². The van der Waals surface area contributed by atoms with Gasteiger partial charge in [0.25, 0.3) is 10.1 Å². The molecule has 0 bridgehead atoms. The second kappa shape index (κ2) is 19.9. The van der Waals surface area contributed by atoms with Gasteiger partial charge in [-0.1, -0.05) is 74.5 Å².